The number of tetrazole rings is 1. The minimum absolute atomic E-state index is 0.246. The van der Waals surface area contributed by atoms with Gasteiger partial charge < -0.3 is 9.47 Å². The topological polar surface area (TPSA) is 97.0 Å². The maximum absolute atomic E-state index is 11.2. The van der Waals surface area contributed by atoms with E-state index in [9.17, 15) is 4.79 Å². The van der Waals surface area contributed by atoms with E-state index in [1.165, 1.54) is 4.80 Å². The lowest BCUT2D eigenvalue weighted by molar-refractivity contribution is -0.00513. The summed E-state index contributed by atoms with van der Waals surface area (Å²) in [6, 6.07) is 0. The molecule has 108 valence electrons. The molecule has 2 aromatic rings. The normalized spacial score (nSPS) is 12.2. The van der Waals surface area contributed by atoms with E-state index in [-0.39, 0.29) is 6.61 Å². The summed E-state index contributed by atoms with van der Waals surface area (Å²) in [5, 5.41) is 16.1. The van der Waals surface area contributed by atoms with Crippen LogP contribution in [-0.4, -0.2) is 42.7 Å². The Kier molecular flexibility index (Phi) is 3.97. The van der Waals surface area contributed by atoms with Crippen LogP contribution < -0.4 is 0 Å². The molecule has 0 N–H and O–H groups in total. The van der Waals surface area contributed by atoms with Gasteiger partial charge in [-0.15, -0.1) is 15.0 Å². The molecule has 0 saturated heterocycles. The van der Waals surface area contributed by atoms with Crippen LogP contribution in [-0.2, 0) is 16.5 Å². The van der Waals surface area contributed by atoms with Crippen LogP contribution in [0.3, 0.4) is 0 Å². The average molecular weight is 280 g/mol. The zero-order chi connectivity index (χ0) is 14.7. The van der Waals surface area contributed by atoms with Gasteiger partial charge in [-0.1, -0.05) is 0 Å². The number of rotatable bonds is 4. The summed E-state index contributed by atoms with van der Waals surface area (Å²) in [6.07, 6.45) is 0.244. The number of carbonyl (C=O) groups is 1. The summed E-state index contributed by atoms with van der Waals surface area (Å²) in [5.74, 6) is 0.418. The van der Waals surface area contributed by atoms with Gasteiger partial charge in [-0.25, -0.2) is 4.79 Å². The van der Waals surface area contributed by atoms with Crippen LogP contribution in [0.15, 0.2) is 6.20 Å². The Bertz CT molecular complexity index is 586. The van der Waals surface area contributed by atoms with Crippen LogP contribution in [0.1, 0.15) is 25.6 Å². The van der Waals surface area contributed by atoms with Crippen molar-refractivity contribution in [2.45, 2.75) is 27.0 Å². The van der Waals surface area contributed by atoms with Crippen molar-refractivity contribution < 1.29 is 14.3 Å². The van der Waals surface area contributed by atoms with Crippen LogP contribution in [0.2, 0.25) is 0 Å². The van der Waals surface area contributed by atoms with Gasteiger partial charge in [0.2, 0.25) is 12.1 Å². The van der Waals surface area contributed by atoms with Crippen LogP contribution in [0, 0.1) is 6.92 Å². The number of carbonyl (C=O) groups excluding carboxylic acids is 1. The molecule has 0 radical (unpaired) electrons. The van der Waals surface area contributed by atoms with Crippen molar-refractivity contribution in [3.63, 3.8) is 0 Å². The predicted molar refractivity (Wildman–Crippen MR) is 67.6 cm³/mol. The standard InChI is InChI=1S/C11H16N6O3/c1-5-19-11(18)20-8(3)17-14-10(13-15-17)9-7(2)6-12-16(9)4/h6,8H,5H2,1-4H3. The first-order valence-electron chi connectivity index (χ1n) is 6.14. The first kappa shape index (κ1) is 14.0. The fraction of sp³-hybridized carbons (Fsp3) is 0.545. The van der Waals surface area contributed by atoms with Crippen molar-refractivity contribution in [1.29, 1.82) is 0 Å². The third-order valence-corrected chi connectivity index (χ3v) is 2.62. The molecule has 2 aromatic heterocycles. The number of aryl methyl sites for hydroxylation is 2. The Hall–Kier alpha value is -2.45. The molecule has 0 saturated carbocycles. The second-order valence-electron chi connectivity index (χ2n) is 4.13. The van der Waals surface area contributed by atoms with Crippen molar-refractivity contribution in [3.05, 3.63) is 11.8 Å². The van der Waals surface area contributed by atoms with Gasteiger partial charge in [0, 0.05) is 7.05 Å². The monoisotopic (exact) mass is 280 g/mol. The minimum atomic E-state index is -0.768. The van der Waals surface area contributed by atoms with E-state index in [1.807, 2.05) is 6.92 Å². The van der Waals surface area contributed by atoms with Gasteiger partial charge in [-0.05, 0) is 31.5 Å². The zero-order valence-electron chi connectivity index (χ0n) is 11.8. The maximum atomic E-state index is 11.2. The SMILES string of the molecule is CCOC(=O)OC(C)n1nnc(-c2c(C)cnn2C)n1. The Morgan fingerprint density at radius 1 is 1.50 bits per heavy atom. The van der Waals surface area contributed by atoms with Gasteiger partial charge >= 0.3 is 6.16 Å². The fourth-order valence-electron chi connectivity index (χ4n) is 1.68. The second-order valence-corrected chi connectivity index (χ2v) is 4.13. The summed E-state index contributed by atoms with van der Waals surface area (Å²) < 4.78 is 11.3. The minimum Gasteiger partial charge on any atom is -0.435 e. The first-order chi connectivity index (χ1) is 9.52. The highest BCUT2D eigenvalue weighted by atomic mass is 16.7. The first-order valence-corrected chi connectivity index (χ1v) is 6.14. The van der Waals surface area contributed by atoms with Crippen LogP contribution in [0.25, 0.3) is 11.5 Å². The predicted octanol–water partition coefficient (Wildman–Crippen LogP) is 1.07. The molecule has 0 aliphatic rings. The quantitative estimate of drug-likeness (QED) is 0.773. The molecule has 0 amide bonds. The summed E-state index contributed by atoms with van der Waals surface area (Å²) >= 11 is 0. The highest BCUT2D eigenvalue weighted by molar-refractivity contribution is 5.59. The maximum Gasteiger partial charge on any atom is 0.510 e. The molecule has 9 nitrogen and oxygen atoms in total. The van der Waals surface area contributed by atoms with Crippen LogP contribution in [0.5, 0.6) is 0 Å². The van der Waals surface area contributed by atoms with E-state index in [0.717, 1.165) is 11.3 Å². The summed E-state index contributed by atoms with van der Waals surface area (Å²) in [4.78, 5) is 12.4. The zero-order valence-corrected chi connectivity index (χ0v) is 11.8. The molecule has 9 heteroatoms. The van der Waals surface area contributed by atoms with E-state index < -0.39 is 12.4 Å². The van der Waals surface area contributed by atoms with Gasteiger partial charge in [0.15, 0.2) is 0 Å². The Morgan fingerprint density at radius 2 is 2.25 bits per heavy atom. The van der Waals surface area contributed by atoms with Gasteiger partial charge in [0.25, 0.3) is 0 Å². The van der Waals surface area contributed by atoms with Crippen molar-refractivity contribution in [2.24, 2.45) is 7.05 Å². The van der Waals surface area contributed by atoms with Crippen LogP contribution in [0.4, 0.5) is 4.79 Å². The van der Waals surface area contributed by atoms with Crippen molar-refractivity contribution in [1.82, 2.24) is 30.0 Å². The third-order valence-electron chi connectivity index (χ3n) is 2.62. The molecule has 1 unspecified atom stereocenters. The molecular formula is C11H16N6O3. The van der Waals surface area contributed by atoms with E-state index >= 15 is 0 Å². The molecule has 2 heterocycles. The van der Waals surface area contributed by atoms with Gasteiger partial charge in [0.05, 0.1) is 12.8 Å². The van der Waals surface area contributed by atoms with Gasteiger partial charge in [-0.3, -0.25) is 4.68 Å². The highest BCUT2D eigenvalue weighted by Gasteiger charge is 2.18. The number of hydrogen-bond donors (Lipinski definition) is 0. The van der Waals surface area contributed by atoms with E-state index in [0.29, 0.717) is 5.82 Å². The molecule has 0 spiro atoms. The lowest BCUT2D eigenvalue weighted by Gasteiger charge is -2.10. The van der Waals surface area contributed by atoms with Crippen molar-refractivity contribution in [3.8, 4) is 11.5 Å². The molecule has 20 heavy (non-hydrogen) atoms. The number of aromatic nitrogens is 6. The Labute approximate surface area is 115 Å². The van der Waals surface area contributed by atoms with E-state index in [2.05, 4.69) is 25.2 Å². The smallest absolute Gasteiger partial charge is 0.435 e. The molecule has 1 atom stereocenters. The fourth-order valence-corrected chi connectivity index (χ4v) is 1.68. The molecule has 2 rings (SSSR count). The van der Waals surface area contributed by atoms with Crippen LogP contribution >= 0.6 is 0 Å². The third kappa shape index (κ3) is 2.76. The van der Waals surface area contributed by atoms with Gasteiger partial charge in [0.1, 0.15) is 5.69 Å². The Morgan fingerprint density at radius 3 is 2.85 bits per heavy atom. The van der Waals surface area contributed by atoms with E-state index in [1.54, 1.807) is 31.8 Å². The summed E-state index contributed by atoms with van der Waals surface area (Å²) in [6.45, 7) is 5.47. The van der Waals surface area contributed by atoms with Crippen molar-refractivity contribution >= 4 is 6.16 Å². The largest absolute Gasteiger partial charge is 0.510 e. The number of hydrogen-bond acceptors (Lipinski definition) is 7. The molecule has 0 fully saturated rings. The number of nitrogens with zero attached hydrogens (tertiary/aromatic N) is 6. The second kappa shape index (κ2) is 5.68. The number of ether oxygens (including phenoxy) is 2. The van der Waals surface area contributed by atoms with Gasteiger partial charge in [-0.2, -0.15) is 5.10 Å². The lowest BCUT2D eigenvalue weighted by Crippen LogP contribution is -2.18. The highest BCUT2D eigenvalue weighted by Crippen LogP contribution is 2.18. The summed E-state index contributed by atoms with van der Waals surface area (Å²) in [5.41, 5.74) is 1.70. The molecular weight excluding hydrogens is 264 g/mol. The Balaban J connectivity index is 2.15. The lowest BCUT2D eigenvalue weighted by atomic mass is 10.3. The van der Waals surface area contributed by atoms with E-state index in [4.69, 9.17) is 4.74 Å². The molecule has 0 aliphatic heterocycles. The van der Waals surface area contributed by atoms with Crippen molar-refractivity contribution in [2.75, 3.05) is 6.61 Å². The molecule has 0 bridgehead atoms. The average Bonchev–Trinajstić information content (AvgIpc) is 2.97. The molecule has 0 aromatic carbocycles. The molecule has 0 aliphatic carbocycles. The summed E-state index contributed by atoms with van der Waals surface area (Å²) in [7, 11) is 1.79.